The SMILES string of the molecule is CCCCc1ccc(Sc2ccc(C(=O)C(=O)CC)cc2)cc1. The zero-order valence-corrected chi connectivity index (χ0v) is 14.5. The molecule has 0 fully saturated rings. The first-order valence-corrected chi connectivity index (χ1v) is 8.90. The molecule has 3 heteroatoms. The van der Waals surface area contributed by atoms with E-state index in [9.17, 15) is 9.59 Å². The molecule has 2 rings (SSSR count). The van der Waals surface area contributed by atoms with E-state index in [1.165, 1.54) is 23.3 Å². The predicted molar refractivity (Wildman–Crippen MR) is 95.2 cm³/mol. The minimum atomic E-state index is -0.399. The molecule has 0 aromatic heterocycles. The summed E-state index contributed by atoms with van der Waals surface area (Å²) < 4.78 is 0. The molecule has 2 aromatic rings. The van der Waals surface area contributed by atoms with Crippen molar-refractivity contribution < 1.29 is 9.59 Å². The fourth-order valence-corrected chi connectivity index (χ4v) is 3.05. The minimum absolute atomic E-state index is 0.250. The Bertz CT molecular complexity index is 657. The summed E-state index contributed by atoms with van der Waals surface area (Å²) in [5.74, 6) is -0.739. The van der Waals surface area contributed by atoms with Gasteiger partial charge in [-0.25, -0.2) is 0 Å². The number of carbonyl (C=O) groups excluding carboxylic acids is 2. The third-order valence-electron chi connectivity index (χ3n) is 3.67. The first-order valence-electron chi connectivity index (χ1n) is 8.08. The van der Waals surface area contributed by atoms with Gasteiger partial charge in [0.1, 0.15) is 0 Å². The van der Waals surface area contributed by atoms with Crippen molar-refractivity contribution in [3.8, 4) is 0 Å². The number of aryl methyl sites for hydroxylation is 1. The Balaban J connectivity index is 2.00. The maximum atomic E-state index is 11.8. The molecule has 0 unspecified atom stereocenters. The normalized spacial score (nSPS) is 10.5. The third-order valence-corrected chi connectivity index (χ3v) is 4.68. The Morgan fingerprint density at radius 2 is 1.43 bits per heavy atom. The number of unbranched alkanes of at least 4 members (excludes halogenated alkanes) is 1. The second-order valence-electron chi connectivity index (χ2n) is 5.48. The second-order valence-corrected chi connectivity index (χ2v) is 6.63. The molecule has 0 N–H and O–H groups in total. The number of benzene rings is 2. The van der Waals surface area contributed by atoms with Gasteiger partial charge in [-0.3, -0.25) is 9.59 Å². The molecule has 2 aromatic carbocycles. The largest absolute Gasteiger partial charge is 0.290 e. The first-order chi connectivity index (χ1) is 11.1. The van der Waals surface area contributed by atoms with Gasteiger partial charge in [0.15, 0.2) is 0 Å². The molecule has 0 aliphatic rings. The third kappa shape index (κ3) is 5.07. The monoisotopic (exact) mass is 326 g/mol. The molecule has 23 heavy (non-hydrogen) atoms. The van der Waals surface area contributed by atoms with Crippen molar-refractivity contribution in [2.45, 2.75) is 49.3 Å². The zero-order chi connectivity index (χ0) is 16.7. The summed E-state index contributed by atoms with van der Waals surface area (Å²) in [6, 6.07) is 15.9. The molecule has 0 amide bonds. The van der Waals surface area contributed by atoms with E-state index in [0.29, 0.717) is 5.56 Å². The van der Waals surface area contributed by atoms with Crippen LogP contribution < -0.4 is 0 Å². The number of hydrogen-bond acceptors (Lipinski definition) is 3. The maximum absolute atomic E-state index is 11.8. The van der Waals surface area contributed by atoms with Crippen LogP contribution in [0.4, 0.5) is 0 Å². The fourth-order valence-electron chi connectivity index (χ4n) is 2.24. The van der Waals surface area contributed by atoms with Crippen LogP contribution in [0.5, 0.6) is 0 Å². The van der Waals surface area contributed by atoms with E-state index >= 15 is 0 Å². The van der Waals surface area contributed by atoms with E-state index in [0.717, 1.165) is 11.3 Å². The van der Waals surface area contributed by atoms with Crippen molar-refractivity contribution in [2.24, 2.45) is 0 Å². The average molecular weight is 326 g/mol. The van der Waals surface area contributed by atoms with Gasteiger partial charge in [-0.05, 0) is 54.8 Å². The summed E-state index contributed by atoms with van der Waals surface area (Å²) in [5.41, 5.74) is 1.84. The highest BCUT2D eigenvalue weighted by Crippen LogP contribution is 2.28. The van der Waals surface area contributed by atoms with E-state index < -0.39 is 5.78 Å². The van der Waals surface area contributed by atoms with Crippen LogP contribution in [-0.2, 0) is 11.2 Å². The van der Waals surface area contributed by atoms with Crippen LogP contribution in [0.1, 0.15) is 49.0 Å². The van der Waals surface area contributed by atoms with Gasteiger partial charge in [-0.2, -0.15) is 0 Å². The molecule has 0 spiro atoms. The van der Waals surface area contributed by atoms with Crippen molar-refractivity contribution in [3.63, 3.8) is 0 Å². The summed E-state index contributed by atoms with van der Waals surface area (Å²) in [6.45, 7) is 3.90. The van der Waals surface area contributed by atoms with Crippen LogP contribution in [0, 0.1) is 0 Å². The van der Waals surface area contributed by atoms with Gasteiger partial charge < -0.3 is 0 Å². The summed E-state index contributed by atoms with van der Waals surface area (Å²) in [7, 11) is 0. The number of rotatable bonds is 8. The number of hydrogen-bond donors (Lipinski definition) is 0. The molecule has 2 nitrogen and oxygen atoms in total. The Morgan fingerprint density at radius 3 is 1.96 bits per heavy atom. The molecule has 0 atom stereocenters. The molecule has 0 radical (unpaired) electrons. The zero-order valence-electron chi connectivity index (χ0n) is 13.7. The van der Waals surface area contributed by atoms with Gasteiger partial charge in [0.25, 0.3) is 0 Å². The molecule has 0 aliphatic carbocycles. The molecule has 120 valence electrons. The number of carbonyl (C=O) groups is 2. The highest BCUT2D eigenvalue weighted by atomic mass is 32.2. The van der Waals surface area contributed by atoms with Crippen LogP contribution in [0.3, 0.4) is 0 Å². The quantitative estimate of drug-likeness (QED) is 0.485. The van der Waals surface area contributed by atoms with Crippen LogP contribution in [0.2, 0.25) is 0 Å². The Hall–Kier alpha value is -1.87. The molecule has 0 saturated heterocycles. The first kappa shape index (κ1) is 17.5. The topological polar surface area (TPSA) is 34.1 Å². The highest BCUT2D eigenvalue weighted by Gasteiger charge is 2.13. The lowest BCUT2D eigenvalue weighted by Gasteiger charge is -2.05. The molecule has 0 saturated carbocycles. The molecule has 0 aliphatic heterocycles. The molecule has 0 bridgehead atoms. The smallest absolute Gasteiger partial charge is 0.228 e. The average Bonchev–Trinajstić information content (AvgIpc) is 2.60. The van der Waals surface area contributed by atoms with Crippen LogP contribution in [0.25, 0.3) is 0 Å². The van der Waals surface area contributed by atoms with Crippen molar-refractivity contribution in [2.75, 3.05) is 0 Å². The summed E-state index contributed by atoms with van der Waals surface area (Å²) in [5, 5.41) is 0. The van der Waals surface area contributed by atoms with Gasteiger partial charge >= 0.3 is 0 Å². The van der Waals surface area contributed by atoms with Crippen LogP contribution in [0.15, 0.2) is 58.3 Å². The van der Waals surface area contributed by atoms with E-state index in [1.54, 1.807) is 30.8 Å². The molecular weight excluding hydrogens is 304 g/mol. The van der Waals surface area contributed by atoms with Gasteiger partial charge in [-0.15, -0.1) is 0 Å². The lowest BCUT2D eigenvalue weighted by molar-refractivity contribution is -0.114. The van der Waals surface area contributed by atoms with E-state index in [2.05, 4.69) is 31.2 Å². The van der Waals surface area contributed by atoms with E-state index in [4.69, 9.17) is 0 Å². The fraction of sp³-hybridized carbons (Fsp3) is 0.300. The Kier molecular flexibility index (Phi) is 6.60. The summed E-state index contributed by atoms with van der Waals surface area (Å²) >= 11 is 1.66. The van der Waals surface area contributed by atoms with Gasteiger partial charge in [0, 0.05) is 21.8 Å². The van der Waals surface area contributed by atoms with Gasteiger partial charge in [-0.1, -0.05) is 44.2 Å². The second kappa shape index (κ2) is 8.68. The Morgan fingerprint density at radius 1 is 0.870 bits per heavy atom. The summed E-state index contributed by atoms with van der Waals surface area (Å²) in [6.07, 6.45) is 3.81. The predicted octanol–water partition coefficient (Wildman–Crippen LogP) is 5.34. The molecule has 0 heterocycles. The Labute approximate surface area is 142 Å². The van der Waals surface area contributed by atoms with Crippen molar-refractivity contribution in [1.29, 1.82) is 0 Å². The molecular formula is C20H22O2S. The minimum Gasteiger partial charge on any atom is -0.290 e. The lowest BCUT2D eigenvalue weighted by Crippen LogP contribution is -2.12. The van der Waals surface area contributed by atoms with Crippen molar-refractivity contribution >= 4 is 23.3 Å². The number of Topliss-reactive ketones (excluding diaryl/α,β-unsaturated/α-hetero) is 2. The highest BCUT2D eigenvalue weighted by molar-refractivity contribution is 7.99. The summed E-state index contributed by atoms with van der Waals surface area (Å²) in [4.78, 5) is 25.5. The van der Waals surface area contributed by atoms with Crippen LogP contribution >= 0.6 is 11.8 Å². The van der Waals surface area contributed by atoms with Crippen LogP contribution in [-0.4, -0.2) is 11.6 Å². The van der Waals surface area contributed by atoms with E-state index in [-0.39, 0.29) is 12.2 Å². The van der Waals surface area contributed by atoms with Gasteiger partial charge in [0.05, 0.1) is 0 Å². The van der Waals surface area contributed by atoms with Crippen molar-refractivity contribution in [3.05, 3.63) is 59.7 Å². The van der Waals surface area contributed by atoms with E-state index in [1.807, 2.05) is 12.1 Å². The van der Waals surface area contributed by atoms with Crippen molar-refractivity contribution in [1.82, 2.24) is 0 Å². The standard InChI is InChI=1S/C20H22O2S/c1-3-5-6-15-7-11-17(12-8-15)23-18-13-9-16(10-14-18)20(22)19(21)4-2/h7-14H,3-6H2,1-2H3. The lowest BCUT2D eigenvalue weighted by atomic mass is 10.1. The maximum Gasteiger partial charge on any atom is 0.228 e. The number of ketones is 2. The van der Waals surface area contributed by atoms with Gasteiger partial charge in [0.2, 0.25) is 11.6 Å².